The highest BCUT2D eigenvalue weighted by molar-refractivity contribution is 7.59. The number of allylic oxidation sites excluding steroid dienone is 1. The minimum atomic E-state index is -1.06. The number of carboxylic acids is 1. The van der Waals surface area contributed by atoms with Crippen molar-refractivity contribution in [2.75, 3.05) is 0 Å². The van der Waals surface area contributed by atoms with Crippen LogP contribution in [-0.2, 0) is 4.79 Å². The van der Waals surface area contributed by atoms with Gasteiger partial charge in [0, 0.05) is 6.42 Å². The molecule has 2 atom stereocenters. The minimum absolute atomic E-state index is 0. The molecule has 0 aliphatic heterocycles. The molecule has 0 aromatic heterocycles. The van der Waals surface area contributed by atoms with Crippen molar-refractivity contribution in [3.05, 3.63) is 12.2 Å². The molecule has 0 bridgehead atoms. The van der Waals surface area contributed by atoms with Gasteiger partial charge in [0.1, 0.15) is 0 Å². The predicted molar refractivity (Wildman–Crippen MR) is 54.1 cm³/mol. The molecule has 0 amide bonds. The first kappa shape index (κ1) is 15.0. The van der Waals surface area contributed by atoms with Crippen LogP contribution < -0.4 is 0 Å². The maximum Gasteiger partial charge on any atom is 0.305 e. The van der Waals surface area contributed by atoms with Gasteiger partial charge in [-0.2, -0.15) is 13.5 Å². The molecule has 0 rings (SSSR count). The number of hydrogen-bond donors (Lipinski definition) is 3. The fourth-order valence-electron chi connectivity index (χ4n) is 0.864. The molecule has 0 radical (unpaired) electrons. The van der Waals surface area contributed by atoms with Gasteiger partial charge >= 0.3 is 5.97 Å². The van der Waals surface area contributed by atoms with E-state index in [1.165, 1.54) is 6.08 Å². The van der Waals surface area contributed by atoms with E-state index in [2.05, 4.69) is 0 Å². The van der Waals surface area contributed by atoms with Crippen LogP contribution in [0.25, 0.3) is 0 Å². The van der Waals surface area contributed by atoms with E-state index in [4.69, 9.17) is 15.3 Å². The average Bonchev–Trinajstić information content (AvgIpc) is 1.84. The second-order valence-electron chi connectivity index (χ2n) is 2.58. The summed E-state index contributed by atoms with van der Waals surface area (Å²) in [6.45, 7) is 1.74. The molecule has 78 valence electrons. The molecular formula is C8H16O4S. The van der Waals surface area contributed by atoms with Crippen LogP contribution in [0.2, 0.25) is 0 Å². The Bertz CT molecular complexity index is 170. The third-order valence-electron chi connectivity index (χ3n) is 1.34. The topological polar surface area (TPSA) is 77.8 Å². The second kappa shape index (κ2) is 8.10. The smallest absolute Gasteiger partial charge is 0.305 e. The first-order chi connectivity index (χ1) is 5.56. The lowest BCUT2D eigenvalue weighted by atomic mass is 10.1. The lowest BCUT2D eigenvalue weighted by Crippen LogP contribution is -2.19. The number of rotatable bonds is 5. The van der Waals surface area contributed by atoms with Gasteiger partial charge in [-0.3, -0.25) is 4.79 Å². The Balaban J connectivity index is 0. The Labute approximate surface area is 84.3 Å². The van der Waals surface area contributed by atoms with Gasteiger partial charge in [-0.05, 0) is 6.92 Å². The van der Waals surface area contributed by atoms with Crippen LogP contribution in [0, 0.1) is 0 Å². The standard InChI is InChI=1S/C8H14O4.H2S/c1-2-3-6(9)4-7(10)5-8(11)12;/h2-3,6-7,9-10H,4-5H2,1H3,(H,11,12);1H2/b3-2+;/t6-,7-;/m1./s1. The number of carbonyl (C=O) groups is 1. The molecule has 0 aromatic rings. The highest BCUT2D eigenvalue weighted by Crippen LogP contribution is 2.03. The van der Waals surface area contributed by atoms with E-state index in [1.54, 1.807) is 13.0 Å². The van der Waals surface area contributed by atoms with Gasteiger partial charge in [0.15, 0.2) is 0 Å². The summed E-state index contributed by atoms with van der Waals surface area (Å²) in [6.07, 6.45) is 1.16. The summed E-state index contributed by atoms with van der Waals surface area (Å²) >= 11 is 0. The van der Waals surface area contributed by atoms with Crippen LogP contribution in [-0.4, -0.2) is 33.5 Å². The number of carboxylic acid groups (broad SMARTS) is 1. The van der Waals surface area contributed by atoms with Crippen molar-refractivity contribution in [1.82, 2.24) is 0 Å². The zero-order chi connectivity index (χ0) is 9.56. The van der Waals surface area contributed by atoms with Crippen LogP contribution in [0.3, 0.4) is 0 Å². The fraction of sp³-hybridized carbons (Fsp3) is 0.625. The first-order valence-electron chi connectivity index (χ1n) is 3.77. The van der Waals surface area contributed by atoms with Crippen LogP contribution in [0.4, 0.5) is 0 Å². The average molecular weight is 208 g/mol. The van der Waals surface area contributed by atoms with Crippen molar-refractivity contribution in [1.29, 1.82) is 0 Å². The molecule has 5 heteroatoms. The molecule has 3 N–H and O–H groups in total. The van der Waals surface area contributed by atoms with Gasteiger partial charge < -0.3 is 15.3 Å². The summed E-state index contributed by atoms with van der Waals surface area (Å²) in [5, 5.41) is 26.4. The predicted octanol–water partition coefficient (Wildman–Crippen LogP) is 0.262. The molecule has 13 heavy (non-hydrogen) atoms. The molecule has 0 saturated heterocycles. The monoisotopic (exact) mass is 208 g/mol. The summed E-state index contributed by atoms with van der Waals surface area (Å²) < 4.78 is 0. The van der Waals surface area contributed by atoms with E-state index in [9.17, 15) is 4.79 Å². The van der Waals surface area contributed by atoms with Crippen LogP contribution in [0.1, 0.15) is 19.8 Å². The lowest BCUT2D eigenvalue weighted by Gasteiger charge is -2.09. The maximum absolute atomic E-state index is 10.1. The SMILES string of the molecule is C/C=C/[C@@H](O)C[C@@H](O)CC(=O)O.S. The van der Waals surface area contributed by atoms with Crippen LogP contribution in [0.5, 0.6) is 0 Å². The molecule has 0 saturated carbocycles. The van der Waals surface area contributed by atoms with E-state index >= 15 is 0 Å². The maximum atomic E-state index is 10.1. The summed E-state index contributed by atoms with van der Waals surface area (Å²) in [5.41, 5.74) is 0. The molecule has 0 aliphatic carbocycles. The van der Waals surface area contributed by atoms with Crippen LogP contribution in [0.15, 0.2) is 12.2 Å². The summed E-state index contributed by atoms with van der Waals surface area (Å²) in [5.74, 6) is -1.06. The molecular weight excluding hydrogens is 192 g/mol. The van der Waals surface area contributed by atoms with E-state index in [-0.39, 0.29) is 26.3 Å². The fourth-order valence-corrected chi connectivity index (χ4v) is 0.864. The van der Waals surface area contributed by atoms with Gasteiger partial charge in [-0.15, -0.1) is 0 Å². The number of aliphatic carboxylic acids is 1. The largest absolute Gasteiger partial charge is 0.481 e. The zero-order valence-electron chi connectivity index (χ0n) is 7.47. The van der Waals surface area contributed by atoms with Crippen molar-refractivity contribution in [3.8, 4) is 0 Å². The molecule has 0 spiro atoms. The quantitative estimate of drug-likeness (QED) is 0.566. The first-order valence-corrected chi connectivity index (χ1v) is 3.77. The third kappa shape index (κ3) is 9.39. The minimum Gasteiger partial charge on any atom is -0.481 e. The van der Waals surface area contributed by atoms with E-state index in [1.807, 2.05) is 0 Å². The highest BCUT2D eigenvalue weighted by atomic mass is 32.1. The van der Waals surface area contributed by atoms with E-state index in [0.717, 1.165) is 0 Å². The summed E-state index contributed by atoms with van der Waals surface area (Å²) in [6, 6.07) is 0. The Hall–Kier alpha value is -0.520. The number of hydrogen-bond acceptors (Lipinski definition) is 3. The molecule has 0 fully saturated rings. The summed E-state index contributed by atoms with van der Waals surface area (Å²) in [4.78, 5) is 10.1. The van der Waals surface area contributed by atoms with E-state index < -0.39 is 18.2 Å². The van der Waals surface area contributed by atoms with Gasteiger partial charge in [0.25, 0.3) is 0 Å². The van der Waals surface area contributed by atoms with Gasteiger partial charge in [0.2, 0.25) is 0 Å². The van der Waals surface area contributed by atoms with Crippen LogP contribution >= 0.6 is 13.5 Å². The normalized spacial score (nSPS) is 15.0. The molecule has 0 unspecified atom stereocenters. The zero-order valence-corrected chi connectivity index (χ0v) is 8.47. The van der Waals surface area contributed by atoms with E-state index in [0.29, 0.717) is 0 Å². The molecule has 0 aromatic carbocycles. The van der Waals surface area contributed by atoms with Crippen molar-refractivity contribution in [2.24, 2.45) is 0 Å². The van der Waals surface area contributed by atoms with Crippen molar-refractivity contribution in [3.63, 3.8) is 0 Å². The van der Waals surface area contributed by atoms with Gasteiger partial charge in [-0.1, -0.05) is 12.2 Å². The Morgan fingerprint density at radius 2 is 2.00 bits per heavy atom. The van der Waals surface area contributed by atoms with Crippen molar-refractivity contribution < 1.29 is 20.1 Å². The third-order valence-corrected chi connectivity index (χ3v) is 1.34. The van der Waals surface area contributed by atoms with Gasteiger partial charge in [0.05, 0.1) is 18.6 Å². The van der Waals surface area contributed by atoms with Crippen molar-refractivity contribution in [2.45, 2.75) is 32.0 Å². The Morgan fingerprint density at radius 1 is 1.46 bits per heavy atom. The van der Waals surface area contributed by atoms with Crippen molar-refractivity contribution >= 4 is 19.5 Å². The molecule has 0 heterocycles. The highest BCUT2D eigenvalue weighted by Gasteiger charge is 2.12. The van der Waals surface area contributed by atoms with Gasteiger partial charge in [-0.25, -0.2) is 0 Å². The Morgan fingerprint density at radius 3 is 2.38 bits per heavy atom. The lowest BCUT2D eigenvalue weighted by molar-refractivity contribution is -0.139. The number of aliphatic hydroxyl groups is 2. The Kier molecular flexibility index (Phi) is 9.33. The number of aliphatic hydroxyl groups excluding tert-OH is 2. The second-order valence-corrected chi connectivity index (χ2v) is 2.58. The molecule has 4 nitrogen and oxygen atoms in total. The molecule has 0 aliphatic rings. The summed E-state index contributed by atoms with van der Waals surface area (Å²) in [7, 11) is 0.